The molecule has 1 fully saturated rings. The fourth-order valence-electron chi connectivity index (χ4n) is 4.03. The van der Waals surface area contributed by atoms with E-state index in [0.29, 0.717) is 29.7 Å². The molecule has 0 saturated carbocycles. The summed E-state index contributed by atoms with van der Waals surface area (Å²) in [5, 5.41) is 9.17. The van der Waals surface area contributed by atoms with E-state index in [1.165, 1.54) is 0 Å². The van der Waals surface area contributed by atoms with Crippen LogP contribution < -0.4 is 0 Å². The minimum atomic E-state index is -1.89. The summed E-state index contributed by atoms with van der Waals surface area (Å²) in [7, 11) is -1.89. The van der Waals surface area contributed by atoms with E-state index in [9.17, 15) is 5.26 Å². The van der Waals surface area contributed by atoms with Crippen molar-refractivity contribution in [1.29, 1.82) is 5.26 Å². The summed E-state index contributed by atoms with van der Waals surface area (Å²) in [6, 6.07) is 2.21. The molecule has 1 rings (SSSR count). The molecule has 1 aliphatic rings. The Morgan fingerprint density at radius 3 is 2.00 bits per heavy atom. The van der Waals surface area contributed by atoms with E-state index >= 15 is 0 Å². The van der Waals surface area contributed by atoms with Crippen LogP contribution in [0.3, 0.4) is 0 Å². The fourth-order valence-corrected chi connectivity index (χ4v) is 9.50. The van der Waals surface area contributed by atoms with Gasteiger partial charge in [-0.15, -0.1) is 0 Å². The van der Waals surface area contributed by atoms with Gasteiger partial charge >= 0.3 is 0 Å². The van der Waals surface area contributed by atoms with Crippen molar-refractivity contribution in [3.8, 4) is 6.07 Å². The molecule has 0 N–H and O–H groups in total. The van der Waals surface area contributed by atoms with Crippen LogP contribution in [-0.2, 0) is 13.9 Å². The quantitative estimate of drug-likeness (QED) is 0.668. The Labute approximate surface area is 137 Å². The Balaban J connectivity index is 2.83. The van der Waals surface area contributed by atoms with E-state index in [1.54, 1.807) is 0 Å². The Kier molecular flexibility index (Phi) is 6.64. The second kappa shape index (κ2) is 7.44. The highest BCUT2D eigenvalue weighted by atomic mass is 28.4. The first-order valence-electron chi connectivity index (χ1n) is 8.44. The van der Waals surface area contributed by atoms with E-state index in [-0.39, 0.29) is 6.10 Å². The third-order valence-electron chi connectivity index (χ3n) is 4.72. The zero-order valence-electron chi connectivity index (χ0n) is 15.5. The minimum absolute atomic E-state index is 0.0727. The lowest BCUT2D eigenvalue weighted by molar-refractivity contribution is -0.292. The summed E-state index contributed by atoms with van der Waals surface area (Å²) in [6.07, 6.45) is 0.0979. The van der Waals surface area contributed by atoms with Gasteiger partial charge in [-0.3, -0.25) is 0 Å². The molecule has 1 saturated heterocycles. The number of hydrogen-bond donors (Lipinski definition) is 0. The summed E-state index contributed by atoms with van der Waals surface area (Å²) < 4.78 is 18.2. The van der Waals surface area contributed by atoms with Crippen molar-refractivity contribution in [3.63, 3.8) is 0 Å². The summed E-state index contributed by atoms with van der Waals surface area (Å²) in [5.41, 5.74) is 1.64. The van der Waals surface area contributed by atoms with Crippen molar-refractivity contribution in [2.24, 2.45) is 0 Å². The van der Waals surface area contributed by atoms with Crippen molar-refractivity contribution in [2.75, 3.05) is 6.61 Å². The zero-order valence-corrected chi connectivity index (χ0v) is 16.5. The van der Waals surface area contributed by atoms with Crippen molar-refractivity contribution < 1.29 is 13.9 Å². The molecule has 5 heteroatoms. The topological polar surface area (TPSA) is 51.5 Å². The van der Waals surface area contributed by atoms with Crippen molar-refractivity contribution in [3.05, 3.63) is 0 Å². The summed E-state index contributed by atoms with van der Waals surface area (Å²) >= 11 is 0. The van der Waals surface area contributed by atoms with Crippen LogP contribution in [0.1, 0.15) is 61.8 Å². The van der Waals surface area contributed by atoms with Crippen LogP contribution in [0.4, 0.5) is 0 Å². The maximum atomic E-state index is 9.17. The van der Waals surface area contributed by atoms with Gasteiger partial charge in [-0.05, 0) is 30.5 Å². The second-order valence-electron chi connectivity index (χ2n) is 7.74. The predicted octanol–water partition coefficient (Wildman–Crippen LogP) is 4.61. The lowest BCUT2D eigenvalue weighted by Gasteiger charge is -2.44. The summed E-state index contributed by atoms with van der Waals surface area (Å²) in [4.78, 5) is 0. The molecule has 4 nitrogen and oxygen atoms in total. The maximum Gasteiger partial charge on any atom is 0.200 e. The molecule has 128 valence electrons. The lowest BCUT2D eigenvalue weighted by atomic mass is 10.1. The van der Waals surface area contributed by atoms with Gasteiger partial charge in [0.25, 0.3) is 0 Å². The standard InChI is InChI=1S/C17H33NO3Si/c1-12(2)22(13(3)4,14(5)6)19-11-16-9-15(10-18)20-17(7,8)21-16/h12-16H,9,11H2,1-8H3/t15?,16-/m1/s1. The molecule has 0 aromatic rings. The van der Waals surface area contributed by atoms with E-state index in [0.717, 1.165) is 0 Å². The molecule has 0 radical (unpaired) electrons. The van der Waals surface area contributed by atoms with Crippen LogP contribution in [0.2, 0.25) is 16.6 Å². The fraction of sp³-hybridized carbons (Fsp3) is 0.941. The lowest BCUT2D eigenvalue weighted by Crippen LogP contribution is -2.52. The van der Waals surface area contributed by atoms with E-state index in [2.05, 4.69) is 47.6 Å². The largest absolute Gasteiger partial charge is 0.413 e. The monoisotopic (exact) mass is 327 g/mol. The molecule has 1 unspecified atom stereocenters. The molecular weight excluding hydrogens is 294 g/mol. The van der Waals surface area contributed by atoms with Crippen LogP contribution in [0.5, 0.6) is 0 Å². The number of ether oxygens (including phenoxy) is 2. The Bertz CT molecular complexity index is 379. The molecule has 1 aliphatic heterocycles. The predicted molar refractivity (Wildman–Crippen MR) is 91.1 cm³/mol. The summed E-state index contributed by atoms with van der Waals surface area (Å²) in [6.45, 7) is 17.9. The Hall–Kier alpha value is -0.413. The van der Waals surface area contributed by atoms with Crippen molar-refractivity contribution >= 4 is 8.32 Å². The molecule has 22 heavy (non-hydrogen) atoms. The van der Waals surface area contributed by atoms with Gasteiger partial charge in [0.15, 0.2) is 14.1 Å². The van der Waals surface area contributed by atoms with Gasteiger partial charge in [0.1, 0.15) is 6.10 Å². The van der Waals surface area contributed by atoms with Gasteiger partial charge in [-0.25, -0.2) is 0 Å². The molecule has 2 atom stereocenters. The van der Waals surface area contributed by atoms with E-state index in [4.69, 9.17) is 13.9 Å². The molecule has 0 bridgehead atoms. The van der Waals surface area contributed by atoms with Gasteiger partial charge in [0, 0.05) is 6.42 Å². The minimum Gasteiger partial charge on any atom is -0.413 e. The third kappa shape index (κ3) is 4.32. The highest BCUT2D eigenvalue weighted by Gasteiger charge is 2.46. The van der Waals surface area contributed by atoms with Gasteiger partial charge in [0.05, 0.1) is 18.8 Å². The van der Waals surface area contributed by atoms with Crippen LogP contribution in [-0.4, -0.2) is 32.9 Å². The van der Waals surface area contributed by atoms with Crippen molar-refractivity contribution in [2.45, 2.75) is 96.4 Å². The van der Waals surface area contributed by atoms with Crippen LogP contribution in [0.25, 0.3) is 0 Å². The third-order valence-corrected chi connectivity index (χ3v) is 10.8. The number of nitriles is 1. The molecule has 0 amide bonds. The molecule has 0 spiro atoms. The first kappa shape index (κ1) is 19.6. The highest BCUT2D eigenvalue weighted by molar-refractivity contribution is 6.77. The Morgan fingerprint density at radius 2 is 1.59 bits per heavy atom. The molecule has 0 aromatic carbocycles. The van der Waals surface area contributed by atoms with Gasteiger partial charge in [0.2, 0.25) is 0 Å². The second-order valence-corrected chi connectivity index (χ2v) is 13.2. The van der Waals surface area contributed by atoms with Gasteiger partial charge in [-0.2, -0.15) is 5.26 Å². The number of nitrogens with zero attached hydrogens (tertiary/aromatic N) is 1. The maximum absolute atomic E-state index is 9.17. The number of rotatable bonds is 6. The molecule has 0 aliphatic carbocycles. The smallest absolute Gasteiger partial charge is 0.200 e. The molecular formula is C17H33NO3Si. The molecule has 1 heterocycles. The highest BCUT2D eigenvalue weighted by Crippen LogP contribution is 2.42. The summed E-state index contributed by atoms with van der Waals surface area (Å²) in [5.74, 6) is -0.718. The Morgan fingerprint density at radius 1 is 1.09 bits per heavy atom. The van der Waals surface area contributed by atoms with Crippen LogP contribution in [0, 0.1) is 11.3 Å². The first-order valence-corrected chi connectivity index (χ1v) is 10.6. The van der Waals surface area contributed by atoms with E-state index in [1.807, 2.05) is 13.8 Å². The average Bonchev–Trinajstić information content (AvgIpc) is 2.36. The normalized spacial score (nSPS) is 25.7. The number of hydrogen-bond acceptors (Lipinski definition) is 4. The van der Waals surface area contributed by atoms with Crippen LogP contribution in [0.15, 0.2) is 0 Å². The van der Waals surface area contributed by atoms with Gasteiger partial charge in [-0.1, -0.05) is 41.5 Å². The average molecular weight is 328 g/mol. The SMILES string of the molecule is CC(C)[Si](OC[C@H]1CC(C#N)OC(C)(C)O1)(C(C)C)C(C)C. The molecule has 0 aromatic heterocycles. The zero-order chi connectivity index (χ0) is 17.1. The first-order chi connectivity index (χ1) is 10.0. The van der Waals surface area contributed by atoms with Gasteiger partial charge < -0.3 is 13.9 Å². The van der Waals surface area contributed by atoms with E-state index < -0.39 is 20.2 Å². The van der Waals surface area contributed by atoms with Crippen molar-refractivity contribution in [1.82, 2.24) is 0 Å². The van der Waals surface area contributed by atoms with Crippen LogP contribution >= 0.6 is 0 Å².